The Morgan fingerprint density at radius 2 is 1.79 bits per heavy atom. The molecule has 0 unspecified atom stereocenters. The number of anilines is 2. The van der Waals surface area contributed by atoms with E-state index in [0.717, 1.165) is 11.3 Å². The van der Waals surface area contributed by atoms with Crippen molar-refractivity contribution in [1.82, 2.24) is 0 Å². The van der Waals surface area contributed by atoms with Gasteiger partial charge in [-0.2, -0.15) is 0 Å². The van der Waals surface area contributed by atoms with Crippen LogP contribution in [0.5, 0.6) is 0 Å². The minimum Gasteiger partial charge on any atom is -0.479 e. The van der Waals surface area contributed by atoms with Crippen molar-refractivity contribution in [2.45, 2.75) is 31.6 Å². The summed E-state index contributed by atoms with van der Waals surface area (Å²) in [6.45, 7) is 0.505. The number of rotatable bonds is 8. The van der Waals surface area contributed by atoms with Gasteiger partial charge in [0.05, 0.1) is 6.54 Å². The van der Waals surface area contributed by atoms with Gasteiger partial charge >= 0.3 is 5.97 Å². The van der Waals surface area contributed by atoms with E-state index in [2.05, 4.69) is 5.32 Å². The van der Waals surface area contributed by atoms with Crippen molar-refractivity contribution in [2.75, 3.05) is 16.8 Å². The van der Waals surface area contributed by atoms with Crippen LogP contribution < -0.4 is 16.0 Å². The van der Waals surface area contributed by atoms with Gasteiger partial charge in [-0.05, 0) is 36.6 Å². The molecule has 8 heteroatoms. The third-order valence-electron chi connectivity index (χ3n) is 4.63. The summed E-state index contributed by atoms with van der Waals surface area (Å²) in [4.78, 5) is 36.8. The lowest BCUT2D eigenvalue weighted by molar-refractivity contribution is -0.150. The van der Waals surface area contributed by atoms with E-state index < -0.39 is 30.0 Å². The van der Waals surface area contributed by atoms with Gasteiger partial charge in [0.25, 0.3) is 5.91 Å². The molecule has 1 fully saturated rings. The molecule has 0 aliphatic carbocycles. The predicted molar refractivity (Wildman–Crippen MR) is 107 cm³/mol. The average molecular weight is 397 g/mol. The normalized spacial score (nSPS) is 18.2. The highest BCUT2D eigenvalue weighted by Crippen LogP contribution is 2.24. The molecule has 0 aromatic heterocycles. The number of primary amides is 1. The molecule has 2 aromatic carbocycles. The number of hydrogen-bond acceptors (Lipinski definition) is 5. The van der Waals surface area contributed by atoms with E-state index in [9.17, 15) is 14.4 Å². The van der Waals surface area contributed by atoms with Gasteiger partial charge in [-0.15, -0.1) is 0 Å². The summed E-state index contributed by atoms with van der Waals surface area (Å²) in [5.41, 5.74) is 7.67. The van der Waals surface area contributed by atoms with E-state index in [1.807, 2.05) is 41.3 Å². The minimum atomic E-state index is -1.06. The van der Waals surface area contributed by atoms with Crippen LogP contribution in [0.3, 0.4) is 0 Å². The van der Waals surface area contributed by atoms with Crippen LogP contribution in [0, 0.1) is 0 Å². The lowest BCUT2D eigenvalue weighted by Gasteiger charge is -2.24. The maximum atomic E-state index is 12.4. The molecule has 0 bridgehead atoms. The highest BCUT2D eigenvalue weighted by atomic mass is 16.5. The third-order valence-corrected chi connectivity index (χ3v) is 4.63. The van der Waals surface area contributed by atoms with E-state index in [1.165, 1.54) is 0 Å². The lowest BCUT2D eigenvalue weighted by atomic mass is 10.1. The monoisotopic (exact) mass is 397 g/mol. The molecular weight excluding hydrogens is 374 g/mol. The zero-order chi connectivity index (χ0) is 20.8. The molecule has 1 aliphatic heterocycles. The Morgan fingerprint density at radius 1 is 1.07 bits per heavy atom. The Bertz CT molecular complexity index is 887. The topological polar surface area (TPSA) is 122 Å². The van der Waals surface area contributed by atoms with Crippen LogP contribution in [0.2, 0.25) is 0 Å². The Kier molecular flexibility index (Phi) is 6.46. The molecule has 0 radical (unpaired) electrons. The summed E-state index contributed by atoms with van der Waals surface area (Å²) in [5.74, 6) is -1.92. The van der Waals surface area contributed by atoms with Gasteiger partial charge in [-0.3, -0.25) is 9.59 Å². The van der Waals surface area contributed by atoms with Gasteiger partial charge in [-0.25, -0.2) is 4.79 Å². The fraction of sp³-hybridized carbons (Fsp3) is 0.286. The first kappa shape index (κ1) is 20.3. The van der Waals surface area contributed by atoms with E-state index in [1.54, 1.807) is 18.2 Å². The first-order valence-corrected chi connectivity index (χ1v) is 9.29. The molecule has 1 aliphatic rings. The molecule has 2 atom stereocenters. The largest absolute Gasteiger partial charge is 0.479 e. The number of amides is 2. The van der Waals surface area contributed by atoms with Gasteiger partial charge in [0.1, 0.15) is 6.10 Å². The number of ether oxygens (including phenoxy) is 1. The number of nitrogens with one attached hydrogen (secondary N) is 1. The number of hydrogen-bond donors (Lipinski definition) is 3. The van der Waals surface area contributed by atoms with Crippen molar-refractivity contribution in [3.05, 3.63) is 60.2 Å². The standard InChI is InChI=1S/C21H23N3O5/c22-19(25)13-24(12-14-5-2-1-3-6-14)16-8-4-7-15(11-16)23-20(26)17-9-10-18(29-17)21(27)28/h1-8,11,17-18H,9-10,12-13H2,(H2,22,25)(H,23,26)(H,27,28)/t17-,18+/m0/s1. The first-order chi connectivity index (χ1) is 13.9. The van der Waals surface area contributed by atoms with E-state index >= 15 is 0 Å². The van der Waals surface area contributed by atoms with Gasteiger partial charge in [0.2, 0.25) is 5.91 Å². The van der Waals surface area contributed by atoms with Crippen LogP contribution in [0.15, 0.2) is 54.6 Å². The maximum Gasteiger partial charge on any atom is 0.332 e. The Hall–Kier alpha value is -3.39. The zero-order valence-corrected chi connectivity index (χ0v) is 15.8. The van der Waals surface area contributed by atoms with E-state index in [-0.39, 0.29) is 6.54 Å². The Balaban J connectivity index is 1.71. The number of nitrogens with zero attached hydrogens (tertiary/aromatic N) is 1. The van der Waals surface area contributed by atoms with Crippen LogP contribution in [-0.4, -0.2) is 41.6 Å². The molecule has 0 spiro atoms. The highest BCUT2D eigenvalue weighted by Gasteiger charge is 2.34. The Labute approximate surface area is 168 Å². The third kappa shape index (κ3) is 5.55. The van der Waals surface area contributed by atoms with Crippen LogP contribution in [0.4, 0.5) is 11.4 Å². The Morgan fingerprint density at radius 3 is 2.45 bits per heavy atom. The molecule has 8 nitrogen and oxygen atoms in total. The SMILES string of the molecule is NC(=O)CN(Cc1ccccc1)c1cccc(NC(=O)[C@@H]2CC[C@H](C(=O)O)O2)c1. The van der Waals surface area contributed by atoms with Crippen molar-refractivity contribution in [2.24, 2.45) is 5.73 Å². The maximum absolute atomic E-state index is 12.4. The second-order valence-corrected chi connectivity index (χ2v) is 6.88. The zero-order valence-electron chi connectivity index (χ0n) is 15.8. The average Bonchev–Trinajstić information content (AvgIpc) is 3.19. The molecule has 2 amide bonds. The molecule has 4 N–H and O–H groups in total. The second-order valence-electron chi connectivity index (χ2n) is 6.88. The molecule has 1 saturated heterocycles. The fourth-order valence-corrected chi connectivity index (χ4v) is 3.25. The van der Waals surface area contributed by atoms with Crippen molar-refractivity contribution >= 4 is 29.2 Å². The molecule has 2 aromatic rings. The highest BCUT2D eigenvalue weighted by molar-refractivity contribution is 5.95. The van der Waals surface area contributed by atoms with Crippen LogP contribution in [0.25, 0.3) is 0 Å². The molecule has 3 rings (SSSR count). The summed E-state index contributed by atoms with van der Waals surface area (Å²) in [5, 5.41) is 11.7. The van der Waals surface area contributed by atoms with E-state index in [4.69, 9.17) is 15.6 Å². The quantitative estimate of drug-likeness (QED) is 0.624. The number of aliphatic carboxylic acids is 1. The smallest absolute Gasteiger partial charge is 0.332 e. The molecule has 29 heavy (non-hydrogen) atoms. The van der Waals surface area contributed by atoms with Crippen molar-refractivity contribution in [3.8, 4) is 0 Å². The van der Waals surface area contributed by atoms with Crippen molar-refractivity contribution in [1.29, 1.82) is 0 Å². The number of benzene rings is 2. The van der Waals surface area contributed by atoms with Crippen molar-refractivity contribution in [3.63, 3.8) is 0 Å². The van der Waals surface area contributed by atoms with Crippen LogP contribution >= 0.6 is 0 Å². The number of carboxylic acid groups (broad SMARTS) is 1. The number of carboxylic acids is 1. The number of carbonyl (C=O) groups excluding carboxylic acids is 2. The summed E-state index contributed by atoms with van der Waals surface area (Å²) in [7, 11) is 0. The first-order valence-electron chi connectivity index (χ1n) is 9.29. The lowest BCUT2D eigenvalue weighted by Crippen LogP contribution is -2.33. The fourth-order valence-electron chi connectivity index (χ4n) is 3.25. The predicted octanol–water partition coefficient (Wildman–Crippen LogP) is 1.75. The summed E-state index contributed by atoms with van der Waals surface area (Å²) < 4.78 is 5.28. The van der Waals surface area contributed by atoms with Crippen LogP contribution in [-0.2, 0) is 25.7 Å². The minimum absolute atomic E-state index is 0.0261. The molecule has 1 heterocycles. The molecular formula is C21H23N3O5. The van der Waals surface area contributed by atoms with Gasteiger partial charge in [0.15, 0.2) is 6.10 Å². The molecule has 152 valence electrons. The van der Waals surface area contributed by atoms with Gasteiger partial charge in [0, 0.05) is 17.9 Å². The molecule has 0 saturated carbocycles. The van der Waals surface area contributed by atoms with Crippen LogP contribution in [0.1, 0.15) is 18.4 Å². The van der Waals surface area contributed by atoms with E-state index in [0.29, 0.717) is 25.1 Å². The second kappa shape index (κ2) is 9.20. The van der Waals surface area contributed by atoms with Crippen molar-refractivity contribution < 1.29 is 24.2 Å². The summed E-state index contributed by atoms with van der Waals surface area (Å²) >= 11 is 0. The number of nitrogens with two attached hydrogens (primary N) is 1. The summed E-state index contributed by atoms with van der Waals surface area (Å²) in [6, 6.07) is 16.7. The van der Waals surface area contributed by atoms with Gasteiger partial charge in [-0.1, -0.05) is 36.4 Å². The van der Waals surface area contributed by atoms with Gasteiger partial charge < -0.3 is 25.8 Å². The number of carbonyl (C=O) groups is 3. The summed E-state index contributed by atoms with van der Waals surface area (Å²) in [6.07, 6.45) is -1.10.